The molecule has 1 saturated heterocycles. The quantitative estimate of drug-likeness (QED) is 0.467. The second kappa shape index (κ2) is 11.3. The van der Waals surface area contributed by atoms with Crippen molar-refractivity contribution < 1.29 is 9.53 Å². The highest BCUT2D eigenvalue weighted by Crippen LogP contribution is 2.23. The molecule has 33 heavy (non-hydrogen) atoms. The highest BCUT2D eigenvalue weighted by atomic mass is 16.5. The molecule has 176 valence electrons. The molecule has 1 aromatic heterocycles. The lowest BCUT2D eigenvalue weighted by molar-refractivity contribution is -0.118. The number of rotatable bonds is 9. The summed E-state index contributed by atoms with van der Waals surface area (Å²) in [4.78, 5) is 20.0. The van der Waals surface area contributed by atoms with Crippen LogP contribution in [0.1, 0.15) is 56.8 Å². The van der Waals surface area contributed by atoms with Crippen molar-refractivity contribution in [2.24, 2.45) is 0 Å². The molecule has 1 aliphatic rings. The maximum Gasteiger partial charge on any atom is 0.262 e. The fourth-order valence-electron chi connectivity index (χ4n) is 4.42. The maximum atomic E-state index is 12.4. The van der Waals surface area contributed by atoms with Crippen molar-refractivity contribution in [3.05, 3.63) is 53.9 Å². The zero-order chi connectivity index (χ0) is 23.0. The number of aryl methyl sites for hydroxylation is 2. The number of nitrogens with one attached hydrogen (secondary N) is 1. The summed E-state index contributed by atoms with van der Waals surface area (Å²) < 4.78 is 7.98. The number of likely N-dealkylation sites (tertiary alicyclic amines) is 1. The smallest absolute Gasteiger partial charge is 0.262 e. The number of carbonyl (C=O) groups is 1. The molecule has 1 N–H and O–H groups in total. The van der Waals surface area contributed by atoms with Crippen molar-refractivity contribution in [3.8, 4) is 5.75 Å². The van der Waals surface area contributed by atoms with Gasteiger partial charge in [-0.25, -0.2) is 4.98 Å². The van der Waals surface area contributed by atoms with Gasteiger partial charge in [0.25, 0.3) is 5.91 Å². The molecule has 0 bridgehead atoms. The van der Waals surface area contributed by atoms with Gasteiger partial charge in [0.2, 0.25) is 0 Å². The molecule has 0 spiro atoms. The number of carbonyl (C=O) groups excluding carboxylic acids is 1. The van der Waals surface area contributed by atoms with Crippen LogP contribution in [-0.4, -0.2) is 40.1 Å². The summed E-state index contributed by atoms with van der Waals surface area (Å²) in [6.07, 6.45) is 7.50. The van der Waals surface area contributed by atoms with Gasteiger partial charge in [0.15, 0.2) is 6.61 Å². The van der Waals surface area contributed by atoms with Crippen molar-refractivity contribution in [2.45, 2.75) is 65.5 Å². The van der Waals surface area contributed by atoms with Crippen LogP contribution in [0, 0.1) is 6.92 Å². The lowest BCUT2D eigenvalue weighted by Crippen LogP contribution is -2.26. The number of hydrogen-bond acceptors (Lipinski definition) is 4. The summed E-state index contributed by atoms with van der Waals surface area (Å²) in [5, 5.41) is 2.95. The molecule has 0 saturated carbocycles. The number of benzene rings is 2. The van der Waals surface area contributed by atoms with Gasteiger partial charge in [-0.05, 0) is 69.6 Å². The van der Waals surface area contributed by atoms with E-state index in [0.29, 0.717) is 5.75 Å². The average Bonchev–Trinajstić information content (AvgIpc) is 2.96. The number of imidazole rings is 1. The summed E-state index contributed by atoms with van der Waals surface area (Å²) in [6.45, 7) is 8.40. The van der Waals surface area contributed by atoms with Crippen LogP contribution in [0.15, 0.2) is 42.5 Å². The van der Waals surface area contributed by atoms with Gasteiger partial charge in [-0.15, -0.1) is 0 Å². The van der Waals surface area contributed by atoms with Crippen LogP contribution in [0.25, 0.3) is 11.0 Å². The zero-order valence-electron chi connectivity index (χ0n) is 20.0. The fourth-order valence-corrected chi connectivity index (χ4v) is 4.42. The molecule has 1 amide bonds. The molecule has 0 unspecified atom stereocenters. The zero-order valence-corrected chi connectivity index (χ0v) is 20.0. The third-order valence-electron chi connectivity index (χ3n) is 6.30. The van der Waals surface area contributed by atoms with Gasteiger partial charge in [-0.2, -0.15) is 0 Å². The van der Waals surface area contributed by atoms with Crippen LogP contribution >= 0.6 is 0 Å². The van der Waals surface area contributed by atoms with E-state index < -0.39 is 0 Å². The van der Waals surface area contributed by atoms with E-state index in [0.717, 1.165) is 67.1 Å². The highest BCUT2D eigenvalue weighted by molar-refractivity contribution is 5.94. The van der Waals surface area contributed by atoms with E-state index in [4.69, 9.17) is 9.72 Å². The van der Waals surface area contributed by atoms with Gasteiger partial charge < -0.3 is 14.6 Å². The lowest BCUT2D eigenvalue weighted by Gasteiger charge is -2.20. The molecule has 2 aromatic carbocycles. The van der Waals surface area contributed by atoms with Crippen molar-refractivity contribution in [2.75, 3.05) is 25.0 Å². The predicted molar refractivity (Wildman–Crippen MR) is 134 cm³/mol. The Labute approximate surface area is 196 Å². The van der Waals surface area contributed by atoms with E-state index in [-0.39, 0.29) is 12.5 Å². The number of ether oxygens (including phenoxy) is 1. The molecule has 6 heteroatoms. The van der Waals surface area contributed by atoms with E-state index in [2.05, 4.69) is 27.8 Å². The number of fused-ring (bicyclic) bond motifs is 1. The summed E-state index contributed by atoms with van der Waals surface area (Å²) in [5.41, 5.74) is 3.99. The van der Waals surface area contributed by atoms with Gasteiger partial charge in [0.1, 0.15) is 11.6 Å². The van der Waals surface area contributed by atoms with Crippen molar-refractivity contribution in [1.29, 1.82) is 0 Å². The Morgan fingerprint density at radius 3 is 2.55 bits per heavy atom. The number of aromatic nitrogens is 2. The topological polar surface area (TPSA) is 59.4 Å². The van der Waals surface area contributed by atoms with Gasteiger partial charge >= 0.3 is 0 Å². The summed E-state index contributed by atoms with van der Waals surface area (Å²) >= 11 is 0. The Kier molecular flexibility index (Phi) is 8.00. The standard InChI is InChI=1S/C27H36N4O2/c1-3-4-17-31-25-14-11-22(28-27(32)20-33-23-12-9-21(2)10-13-23)18-24(25)29-26(31)19-30-15-7-5-6-8-16-30/h9-14,18H,3-8,15-17,19-20H2,1-2H3,(H,28,32). The van der Waals surface area contributed by atoms with Crippen LogP contribution in [0.2, 0.25) is 0 Å². The summed E-state index contributed by atoms with van der Waals surface area (Å²) in [6, 6.07) is 13.7. The van der Waals surface area contributed by atoms with Crippen LogP contribution in [0.3, 0.4) is 0 Å². The molecule has 0 aliphatic carbocycles. The number of amides is 1. The van der Waals surface area contributed by atoms with Gasteiger partial charge in [0.05, 0.1) is 17.6 Å². The molecular weight excluding hydrogens is 412 g/mol. The third kappa shape index (κ3) is 6.35. The lowest BCUT2D eigenvalue weighted by atomic mass is 10.2. The number of unbranched alkanes of at least 4 members (excludes halogenated alkanes) is 1. The second-order valence-electron chi connectivity index (χ2n) is 9.08. The van der Waals surface area contributed by atoms with Crippen LogP contribution < -0.4 is 10.1 Å². The van der Waals surface area contributed by atoms with E-state index in [1.54, 1.807) is 0 Å². The molecule has 2 heterocycles. The van der Waals surface area contributed by atoms with Gasteiger partial charge in [0, 0.05) is 12.2 Å². The minimum absolute atomic E-state index is 0.0216. The fraction of sp³-hybridized carbons (Fsp3) is 0.481. The van der Waals surface area contributed by atoms with Crippen molar-refractivity contribution >= 4 is 22.6 Å². The first-order valence-corrected chi connectivity index (χ1v) is 12.3. The maximum absolute atomic E-state index is 12.4. The number of hydrogen-bond donors (Lipinski definition) is 1. The van der Waals surface area contributed by atoms with E-state index >= 15 is 0 Å². The Morgan fingerprint density at radius 2 is 1.82 bits per heavy atom. The number of anilines is 1. The van der Waals surface area contributed by atoms with E-state index in [9.17, 15) is 4.79 Å². The summed E-state index contributed by atoms with van der Waals surface area (Å²) in [7, 11) is 0. The predicted octanol–water partition coefficient (Wildman–Crippen LogP) is 5.54. The largest absolute Gasteiger partial charge is 0.484 e. The third-order valence-corrected chi connectivity index (χ3v) is 6.30. The first kappa shape index (κ1) is 23.3. The van der Waals surface area contributed by atoms with Crippen LogP contribution in [-0.2, 0) is 17.9 Å². The molecule has 1 aliphatic heterocycles. The average molecular weight is 449 g/mol. The molecule has 1 fully saturated rings. The van der Waals surface area contributed by atoms with E-state index in [1.165, 1.54) is 25.7 Å². The molecule has 0 atom stereocenters. The molecule has 6 nitrogen and oxygen atoms in total. The molecule has 3 aromatic rings. The molecular formula is C27H36N4O2. The van der Waals surface area contributed by atoms with Gasteiger partial charge in [-0.1, -0.05) is 43.9 Å². The first-order chi connectivity index (χ1) is 16.1. The Hall–Kier alpha value is -2.86. The monoisotopic (exact) mass is 448 g/mol. The van der Waals surface area contributed by atoms with Crippen molar-refractivity contribution in [3.63, 3.8) is 0 Å². The SMILES string of the molecule is CCCCn1c(CN2CCCCCC2)nc2cc(NC(=O)COc3ccc(C)cc3)ccc21. The van der Waals surface area contributed by atoms with E-state index in [1.807, 2.05) is 43.3 Å². The minimum Gasteiger partial charge on any atom is -0.484 e. The number of nitrogens with zero attached hydrogens (tertiary/aromatic N) is 3. The van der Waals surface area contributed by atoms with Gasteiger partial charge in [-0.3, -0.25) is 9.69 Å². The molecule has 0 radical (unpaired) electrons. The highest BCUT2D eigenvalue weighted by Gasteiger charge is 2.16. The Morgan fingerprint density at radius 1 is 1.06 bits per heavy atom. The minimum atomic E-state index is -0.176. The molecule has 4 rings (SSSR count). The Balaban J connectivity index is 1.46. The van der Waals surface area contributed by atoms with Crippen LogP contribution in [0.5, 0.6) is 5.75 Å². The second-order valence-corrected chi connectivity index (χ2v) is 9.08. The van der Waals surface area contributed by atoms with Crippen molar-refractivity contribution in [1.82, 2.24) is 14.5 Å². The Bertz CT molecular complexity index is 1050. The summed E-state index contributed by atoms with van der Waals surface area (Å²) in [5.74, 6) is 1.65. The first-order valence-electron chi connectivity index (χ1n) is 12.3. The van der Waals surface area contributed by atoms with Crippen LogP contribution in [0.4, 0.5) is 5.69 Å². The normalized spacial score (nSPS) is 14.8.